The zero-order valence-corrected chi connectivity index (χ0v) is 14.9. The van der Waals surface area contributed by atoms with Gasteiger partial charge in [0.15, 0.2) is 0 Å². The van der Waals surface area contributed by atoms with Crippen LogP contribution in [0.2, 0.25) is 0 Å². The van der Waals surface area contributed by atoms with E-state index in [4.69, 9.17) is 10.5 Å². The van der Waals surface area contributed by atoms with E-state index >= 15 is 0 Å². The van der Waals surface area contributed by atoms with Crippen LogP contribution in [0.5, 0.6) is 5.75 Å². The molecule has 1 aliphatic rings. The van der Waals surface area contributed by atoms with E-state index in [0.717, 1.165) is 16.9 Å². The van der Waals surface area contributed by atoms with Crippen LogP contribution in [0.1, 0.15) is 42.5 Å². The minimum absolute atomic E-state index is 0.00348. The molecular weight excluding hydrogens is 312 g/mol. The second-order valence-corrected chi connectivity index (χ2v) is 6.99. The van der Waals surface area contributed by atoms with Gasteiger partial charge >= 0.3 is 0 Å². The monoisotopic (exact) mass is 338 g/mol. The van der Waals surface area contributed by atoms with Crippen molar-refractivity contribution in [2.45, 2.75) is 32.2 Å². The van der Waals surface area contributed by atoms with Crippen LogP contribution < -0.4 is 15.8 Å². The van der Waals surface area contributed by atoms with Crippen LogP contribution in [0.15, 0.2) is 48.5 Å². The Morgan fingerprint density at radius 3 is 2.56 bits per heavy atom. The molecule has 4 nitrogen and oxygen atoms in total. The number of carbonyl (C=O) groups excluding carboxylic acids is 1. The molecule has 1 amide bonds. The van der Waals surface area contributed by atoms with Gasteiger partial charge in [-0.05, 0) is 35.1 Å². The second kappa shape index (κ2) is 7.70. The van der Waals surface area contributed by atoms with Gasteiger partial charge in [0.1, 0.15) is 12.4 Å². The quantitative estimate of drug-likeness (QED) is 0.880. The van der Waals surface area contributed by atoms with Gasteiger partial charge in [0, 0.05) is 12.6 Å². The maximum atomic E-state index is 12.4. The third-order valence-corrected chi connectivity index (χ3v) is 4.78. The number of para-hydroxylation sites is 1. The Kier molecular flexibility index (Phi) is 5.39. The molecule has 0 fully saturated rings. The van der Waals surface area contributed by atoms with Crippen molar-refractivity contribution in [3.8, 4) is 5.75 Å². The molecule has 2 aromatic carbocycles. The average molecular weight is 338 g/mol. The van der Waals surface area contributed by atoms with Crippen molar-refractivity contribution in [1.29, 1.82) is 0 Å². The van der Waals surface area contributed by atoms with Gasteiger partial charge < -0.3 is 15.8 Å². The molecule has 2 atom stereocenters. The number of rotatable bonds is 5. The SMILES string of the molecule is CC(C)c1ccc(C(N)CNC(=O)C2COc3ccccc3C2)cc1. The van der Waals surface area contributed by atoms with Gasteiger partial charge in [-0.2, -0.15) is 0 Å². The third kappa shape index (κ3) is 4.20. The summed E-state index contributed by atoms with van der Waals surface area (Å²) in [4.78, 5) is 12.4. The average Bonchev–Trinajstić information content (AvgIpc) is 2.65. The van der Waals surface area contributed by atoms with Gasteiger partial charge in [-0.3, -0.25) is 4.79 Å². The Hall–Kier alpha value is -2.33. The van der Waals surface area contributed by atoms with E-state index in [1.807, 2.05) is 36.4 Å². The van der Waals surface area contributed by atoms with Crippen LogP contribution in [0.4, 0.5) is 0 Å². The maximum Gasteiger partial charge on any atom is 0.226 e. The normalized spacial score (nSPS) is 17.5. The summed E-state index contributed by atoms with van der Waals surface area (Å²) in [5.74, 6) is 1.22. The molecule has 0 spiro atoms. The van der Waals surface area contributed by atoms with Gasteiger partial charge in [-0.15, -0.1) is 0 Å². The Bertz CT molecular complexity index is 725. The molecule has 3 rings (SSSR count). The number of fused-ring (bicyclic) bond motifs is 1. The van der Waals surface area contributed by atoms with E-state index in [1.54, 1.807) is 0 Å². The van der Waals surface area contributed by atoms with Crippen LogP contribution in [0.3, 0.4) is 0 Å². The Balaban J connectivity index is 1.53. The molecule has 1 aliphatic heterocycles. The highest BCUT2D eigenvalue weighted by Crippen LogP contribution is 2.27. The highest BCUT2D eigenvalue weighted by Gasteiger charge is 2.25. The maximum absolute atomic E-state index is 12.4. The highest BCUT2D eigenvalue weighted by atomic mass is 16.5. The molecule has 0 aliphatic carbocycles. The fourth-order valence-electron chi connectivity index (χ4n) is 3.10. The molecule has 132 valence electrons. The van der Waals surface area contributed by atoms with Crippen molar-refractivity contribution in [1.82, 2.24) is 5.32 Å². The largest absolute Gasteiger partial charge is 0.492 e. The number of hydrogen-bond donors (Lipinski definition) is 2. The van der Waals surface area contributed by atoms with E-state index in [2.05, 4.69) is 31.3 Å². The summed E-state index contributed by atoms with van der Waals surface area (Å²) in [6.45, 7) is 5.18. The lowest BCUT2D eigenvalue weighted by atomic mass is 9.95. The van der Waals surface area contributed by atoms with Gasteiger partial charge in [0.05, 0.1) is 5.92 Å². The van der Waals surface area contributed by atoms with Gasteiger partial charge in [-0.25, -0.2) is 0 Å². The molecule has 4 heteroatoms. The molecule has 0 saturated heterocycles. The van der Waals surface area contributed by atoms with Crippen LogP contribution in [-0.2, 0) is 11.2 Å². The molecule has 2 aromatic rings. The Morgan fingerprint density at radius 2 is 1.84 bits per heavy atom. The van der Waals surface area contributed by atoms with Crippen LogP contribution in [0, 0.1) is 5.92 Å². The van der Waals surface area contributed by atoms with Crippen molar-refractivity contribution in [3.63, 3.8) is 0 Å². The zero-order chi connectivity index (χ0) is 17.8. The van der Waals surface area contributed by atoms with Gasteiger partial charge in [0.2, 0.25) is 5.91 Å². The first-order chi connectivity index (χ1) is 12.0. The first-order valence-corrected chi connectivity index (χ1v) is 8.88. The predicted molar refractivity (Wildman–Crippen MR) is 99.6 cm³/mol. The van der Waals surface area contributed by atoms with Crippen molar-refractivity contribution in [3.05, 3.63) is 65.2 Å². The molecule has 0 aromatic heterocycles. The molecular formula is C21H26N2O2. The van der Waals surface area contributed by atoms with Crippen molar-refractivity contribution < 1.29 is 9.53 Å². The summed E-state index contributed by atoms with van der Waals surface area (Å²) in [7, 11) is 0. The fourth-order valence-corrected chi connectivity index (χ4v) is 3.10. The Morgan fingerprint density at radius 1 is 1.16 bits per heavy atom. The number of nitrogens with one attached hydrogen (secondary N) is 1. The van der Waals surface area contributed by atoms with Crippen molar-refractivity contribution >= 4 is 5.91 Å². The zero-order valence-electron chi connectivity index (χ0n) is 14.9. The van der Waals surface area contributed by atoms with E-state index in [9.17, 15) is 4.79 Å². The molecule has 0 saturated carbocycles. The van der Waals surface area contributed by atoms with Crippen LogP contribution >= 0.6 is 0 Å². The summed E-state index contributed by atoms with van der Waals surface area (Å²) >= 11 is 0. The first kappa shape index (κ1) is 17.5. The van der Waals surface area contributed by atoms with Crippen molar-refractivity contribution in [2.24, 2.45) is 11.7 Å². The number of amides is 1. The molecule has 1 heterocycles. The van der Waals surface area contributed by atoms with Crippen molar-refractivity contribution in [2.75, 3.05) is 13.2 Å². The number of carbonyl (C=O) groups is 1. The lowest BCUT2D eigenvalue weighted by molar-refractivity contribution is -0.126. The van der Waals surface area contributed by atoms with E-state index in [0.29, 0.717) is 25.5 Å². The number of benzene rings is 2. The molecule has 3 N–H and O–H groups in total. The van der Waals surface area contributed by atoms with Gasteiger partial charge in [0.25, 0.3) is 0 Å². The molecule has 25 heavy (non-hydrogen) atoms. The minimum atomic E-state index is -0.207. The summed E-state index contributed by atoms with van der Waals surface area (Å²) in [6.07, 6.45) is 0.709. The number of hydrogen-bond acceptors (Lipinski definition) is 3. The second-order valence-electron chi connectivity index (χ2n) is 6.99. The summed E-state index contributed by atoms with van der Waals surface area (Å²) in [5.41, 5.74) is 9.64. The summed E-state index contributed by atoms with van der Waals surface area (Å²) < 4.78 is 5.69. The summed E-state index contributed by atoms with van der Waals surface area (Å²) in [5, 5.41) is 2.97. The van der Waals surface area contributed by atoms with Crippen LogP contribution in [-0.4, -0.2) is 19.1 Å². The van der Waals surface area contributed by atoms with E-state index < -0.39 is 0 Å². The van der Waals surface area contributed by atoms with Gasteiger partial charge in [-0.1, -0.05) is 56.3 Å². The number of nitrogens with two attached hydrogens (primary N) is 1. The third-order valence-electron chi connectivity index (χ3n) is 4.78. The molecule has 0 radical (unpaired) electrons. The first-order valence-electron chi connectivity index (χ1n) is 8.88. The van der Waals surface area contributed by atoms with E-state index in [1.165, 1.54) is 5.56 Å². The lowest BCUT2D eigenvalue weighted by Gasteiger charge is -2.25. The topological polar surface area (TPSA) is 64.3 Å². The summed E-state index contributed by atoms with van der Waals surface area (Å²) in [6, 6.07) is 16.0. The highest BCUT2D eigenvalue weighted by molar-refractivity contribution is 5.79. The minimum Gasteiger partial charge on any atom is -0.492 e. The van der Waals surface area contributed by atoms with Crippen LogP contribution in [0.25, 0.3) is 0 Å². The molecule has 0 bridgehead atoms. The number of ether oxygens (including phenoxy) is 1. The van der Waals surface area contributed by atoms with E-state index in [-0.39, 0.29) is 17.9 Å². The fraction of sp³-hybridized carbons (Fsp3) is 0.381. The standard InChI is InChI=1S/C21H26N2O2/c1-14(2)15-7-9-16(10-8-15)19(22)12-23-21(24)18-11-17-5-3-4-6-20(17)25-13-18/h3-10,14,18-19H,11-13,22H2,1-2H3,(H,23,24). The molecule has 2 unspecified atom stereocenters. The smallest absolute Gasteiger partial charge is 0.226 e. The predicted octanol–water partition coefficient (Wildman–Crippen LogP) is 3.18. The lowest BCUT2D eigenvalue weighted by Crippen LogP contribution is -2.40. The Labute approximate surface area is 149 Å².